The van der Waals surface area contributed by atoms with Gasteiger partial charge in [-0.05, 0) is 34.5 Å². The molecule has 5 heteroatoms. The number of nitrogens with one attached hydrogen (secondary N) is 1. The van der Waals surface area contributed by atoms with Crippen molar-refractivity contribution >= 4 is 40.3 Å². The van der Waals surface area contributed by atoms with Gasteiger partial charge in [-0.2, -0.15) is 12.6 Å². The molecule has 0 spiro atoms. The van der Waals surface area contributed by atoms with Crippen molar-refractivity contribution in [2.24, 2.45) is 0 Å². The van der Waals surface area contributed by atoms with Gasteiger partial charge in [0.1, 0.15) is 5.82 Å². The van der Waals surface area contributed by atoms with Crippen LogP contribution in [0.2, 0.25) is 0 Å². The van der Waals surface area contributed by atoms with Gasteiger partial charge in [-0.1, -0.05) is 0 Å². The van der Waals surface area contributed by atoms with Crippen LogP contribution in [0.25, 0.3) is 0 Å². The van der Waals surface area contributed by atoms with Crippen LogP contribution in [0.3, 0.4) is 0 Å². The van der Waals surface area contributed by atoms with Gasteiger partial charge in [0.2, 0.25) is 5.91 Å². The highest BCUT2D eigenvalue weighted by atomic mass is 79.9. The summed E-state index contributed by atoms with van der Waals surface area (Å²) in [6, 6.07) is 1.80. The van der Waals surface area contributed by atoms with Crippen molar-refractivity contribution < 1.29 is 4.79 Å². The molecule has 0 unspecified atom stereocenters. The molecular formula is C8H9BrN2OS. The number of pyridine rings is 1. The van der Waals surface area contributed by atoms with Crippen LogP contribution in [0.1, 0.15) is 5.56 Å². The number of carbonyl (C=O) groups excluding carboxylic acids is 1. The average Bonchev–Trinajstić information content (AvgIpc) is 2.11. The van der Waals surface area contributed by atoms with Gasteiger partial charge in [-0.15, -0.1) is 0 Å². The lowest BCUT2D eigenvalue weighted by Gasteiger charge is -2.03. The SMILES string of the molecule is Cc1cc(NC(=O)CS)ncc1Br. The van der Waals surface area contributed by atoms with E-state index in [9.17, 15) is 4.79 Å². The number of amides is 1. The van der Waals surface area contributed by atoms with Crippen molar-refractivity contribution in [1.82, 2.24) is 4.98 Å². The molecule has 0 aliphatic heterocycles. The Bertz CT molecular complexity index is 330. The van der Waals surface area contributed by atoms with E-state index in [1.807, 2.05) is 6.92 Å². The number of thiol groups is 1. The van der Waals surface area contributed by atoms with Gasteiger partial charge in [-0.25, -0.2) is 4.98 Å². The number of halogens is 1. The molecule has 3 nitrogen and oxygen atoms in total. The Kier molecular flexibility index (Phi) is 3.74. The quantitative estimate of drug-likeness (QED) is 0.800. The number of hydrogen-bond acceptors (Lipinski definition) is 3. The predicted octanol–water partition coefficient (Wildman–Crippen LogP) is 2.02. The lowest BCUT2D eigenvalue weighted by molar-refractivity contribution is -0.113. The van der Waals surface area contributed by atoms with E-state index in [4.69, 9.17) is 0 Å². The number of hydrogen-bond donors (Lipinski definition) is 2. The van der Waals surface area contributed by atoms with Crippen molar-refractivity contribution in [3.05, 3.63) is 22.3 Å². The molecule has 0 aliphatic rings. The van der Waals surface area contributed by atoms with Crippen molar-refractivity contribution in [3.8, 4) is 0 Å². The molecule has 0 aliphatic carbocycles. The second-order valence-electron chi connectivity index (χ2n) is 2.53. The number of anilines is 1. The molecule has 1 aromatic rings. The number of rotatable bonds is 2. The predicted molar refractivity (Wildman–Crippen MR) is 59.2 cm³/mol. The molecule has 0 atom stereocenters. The fraction of sp³-hybridized carbons (Fsp3) is 0.250. The Morgan fingerprint density at radius 1 is 1.77 bits per heavy atom. The Hall–Kier alpha value is -0.550. The van der Waals surface area contributed by atoms with E-state index in [-0.39, 0.29) is 11.7 Å². The topological polar surface area (TPSA) is 42.0 Å². The molecule has 1 aromatic heterocycles. The Labute approximate surface area is 90.5 Å². The largest absolute Gasteiger partial charge is 0.310 e. The van der Waals surface area contributed by atoms with E-state index in [1.54, 1.807) is 12.3 Å². The smallest absolute Gasteiger partial charge is 0.235 e. The number of carbonyl (C=O) groups is 1. The van der Waals surface area contributed by atoms with Crippen LogP contribution in [0.5, 0.6) is 0 Å². The fourth-order valence-electron chi connectivity index (χ4n) is 0.790. The highest BCUT2D eigenvalue weighted by molar-refractivity contribution is 9.10. The number of nitrogens with zero attached hydrogens (tertiary/aromatic N) is 1. The zero-order valence-electron chi connectivity index (χ0n) is 7.04. The molecule has 70 valence electrons. The summed E-state index contributed by atoms with van der Waals surface area (Å²) >= 11 is 7.17. The molecule has 1 heterocycles. The van der Waals surface area contributed by atoms with Gasteiger partial charge in [-0.3, -0.25) is 4.79 Å². The Balaban J connectivity index is 2.79. The molecule has 1 N–H and O–H groups in total. The highest BCUT2D eigenvalue weighted by Crippen LogP contribution is 2.16. The average molecular weight is 261 g/mol. The second-order valence-corrected chi connectivity index (χ2v) is 3.70. The summed E-state index contributed by atoms with van der Waals surface area (Å²) in [5, 5.41) is 2.61. The molecule has 0 fully saturated rings. The van der Waals surface area contributed by atoms with Gasteiger partial charge in [0.05, 0.1) is 5.75 Å². The molecule has 0 bridgehead atoms. The normalized spacial score (nSPS) is 9.77. The van der Waals surface area contributed by atoms with Gasteiger partial charge in [0.25, 0.3) is 0 Å². The molecule has 0 radical (unpaired) electrons. The van der Waals surface area contributed by atoms with Crippen molar-refractivity contribution in [1.29, 1.82) is 0 Å². The van der Waals surface area contributed by atoms with Crippen LogP contribution in [0.15, 0.2) is 16.7 Å². The van der Waals surface area contributed by atoms with E-state index in [0.29, 0.717) is 5.82 Å². The molecule has 0 saturated carbocycles. The highest BCUT2D eigenvalue weighted by Gasteiger charge is 2.01. The molecular weight excluding hydrogens is 252 g/mol. The van der Waals surface area contributed by atoms with Crippen LogP contribution in [0, 0.1) is 6.92 Å². The van der Waals surface area contributed by atoms with Gasteiger partial charge >= 0.3 is 0 Å². The van der Waals surface area contributed by atoms with E-state index in [1.165, 1.54) is 0 Å². The lowest BCUT2D eigenvalue weighted by Crippen LogP contribution is -2.13. The van der Waals surface area contributed by atoms with Crippen LogP contribution >= 0.6 is 28.6 Å². The minimum absolute atomic E-state index is 0.155. The van der Waals surface area contributed by atoms with Gasteiger partial charge < -0.3 is 5.32 Å². The molecule has 1 rings (SSSR count). The maximum absolute atomic E-state index is 10.9. The summed E-state index contributed by atoms with van der Waals surface area (Å²) in [5.74, 6) is 0.564. The Morgan fingerprint density at radius 2 is 2.46 bits per heavy atom. The first-order chi connectivity index (χ1) is 6.13. The minimum atomic E-state index is -0.155. The molecule has 0 aromatic carbocycles. The van der Waals surface area contributed by atoms with Crippen LogP contribution in [0.4, 0.5) is 5.82 Å². The van der Waals surface area contributed by atoms with Crippen molar-refractivity contribution in [2.75, 3.05) is 11.1 Å². The van der Waals surface area contributed by atoms with Crippen molar-refractivity contribution in [3.63, 3.8) is 0 Å². The zero-order valence-corrected chi connectivity index (χ0v) is 9.52. The summed E-state index contributed by atoms with van der Waals surface area (Å²) in [6.45, 7) is 1.93. The standard InChI is InChI=1S/C8H9BrN2OS/c1-5-2-7(10-3-6(5)9)11-8(12)4-13/h2-3,13H,4H2,1H3,(H,10,11,12). The first kappa shape index (κ1) is 10.5. The summed E-state index contributed by atoms with van der Waals surface area (Å²) in [7, 11) is 0. The number of aryl methyl sites for hydroxylation is 1. The maximum atomic E-state index is 10.9. The van der Waals surface area contributed by atoms with Gasteiger partial charge in [0.15, 0.2) is 0 Å². The first-order valence-electron chi connectivity index (χ1n) is 3.66. The van der Waals surface area contributed by atoms with E-state index in [0.717, 1.165) is 10.0 Å². The Morgan fingerprint density at radius 3 is 3.00 bits per heavy atom. The lowest BCUT2D eigenvalue weighted by atomic mass is 10.3. The van der Waals surface area contributed by atoms with E-state index in [2.05, 4.69) is 38.9 Å². The first-order valence-corrected chi connectivity index (χ1v) is 5.09. The molecule has 0 saturated heterocycles. The summed E-state index contributed by atoms with van der Waals surface area (Å²) in [6.07, 6.45) is 1.66. The summed E-state index contributed by atoms with van der Waals surface area (Å²) in [4.78, 5) is 15.0. The van der Waals surface area contributed by atoms with E-state index < -0.39 is 0 Å². The molecule has 1 amide bonds. The zero-order chi connectivity index (χ0) is 9.84. The third kappa shape index (κ3) is 3.00. The van der Waals surface area contributed by atoms with E-state index >= 15 is 0 Å². The van der Waals surface area contributed by atoms with Crippen molar-refractivity contribution in [2.45, 2.75) is 6.92 Å². The maximum Gasteiger partial charge on any atom is 0.235 e. The van der Waals surface area contributed by atoms with Crippen LogP contribution in [-0.2, 0) is 4.79 Å². The summed E-state index contributed by atoms with van der Waals surface area (Å²) in [5.41, 5.74) is 1.03. The third-order valence-electron chi connectivity index (χ3n) is 1.46. The van der Waals surface area contributed by atoms with Crippen LogP contribution in [-0.4, -0.2) is 16.6 Å². The van der Waals surface area contributed by atoms with Gasteiger partial charge in [0, 0.05) is 10.7 Å². The monoisotopic (exact) mass is 260 g/mol. The number of aromatic nitrogens is 1. The second kappa shape index (κ2) is 4.62. The fourth-order valence-corrected chi connectivity index (χ4v) is 1.09. The third-order valence-corrected chi connectivity index (χ3v) is 2.58. The van der Waals surface area contributed by atoms with Crippen LogP contribution < -0.4 is 5.32 Å². The molecule has 13 heavy (non-hydrogen) atoms. The summed E-state index contributed by atoms with van der Waals surface area (Å²) < 4.78 is 0.927. The minimum Gasteiger partial charge on any atom is -0.310 e.